The molecule has 1 aliphatic heterocycles. The molecule has 0 unspecified atom stereocenters. The number of rotatable bonds is 4. The van der Waals surface area contributed by atoms with E-state index in [0.29, 0.717) is 0 Å². The molecule has 3 aromatic rings. The van der Waals surface area contributed by atoms with Gasteiger partial charge in [0.05, 0.1) is 0 Å². The molecule has 1 N–H and O–H groups in total. The molecule has 0 saturated carbocycles. The minimum atomic E-state index is 0.765. The van der Waals surface area contributed by atoms with Crippen molar-refractivity contribution in [2.45, 2.75) is 0 Å². The van der Waals surface area contributed by atoms with Crippen LogP contribution in [0.2, 0.25) is 0 Å². The van der Waals surface area contributed by atoms with Gasteiger partial charge in [0, 0.05) is 44.3 Å². The summed E-state index contributed by atoms with van der Waals surface area (Å²) in [7, 11) is 0. The largest absolute Gasteiger partial charge is 0.353 e. The highest BCUT2D eigenvalue weighted by atomic mass is 15.3. The molecule has 1 aliphatic rings. The van der Waals surface area contributed by atoms with E-state index >= 15 is 0 Å². The van der Waals surface area contributed by atoms with E-state index in [9.17, 15) is 0 Å². The average molecular weight is 332 g/mol. The van der Waals surface area contributed by atoms with Crippen LogP contribution in [0.1, 0.15) is 0 Å². The number of piperazine rings is 1. The van der Waals surface area contributed by atoms with E-state index in [1.807, 2.05) is 54.7 Å². The van der Waals surface area contributed by atoms with E-state index in [-0.39, 0.29) is 0 Å². The molecule has 2 aromatic heterocycles. The fourth-order valence-electron chi connectivity index (χ4n) is 2.92. The predicted molar refractivity (Wildman–Crippen MR) is 100 cm³/mol. The predicted octanol–water partition coefficient (Wildman–Crippen LogP) is 2.94. The summed E-state index contributed by atoms with van der Waals surface area (Å²) in [4.78, 5) is 18.0. The fraction of sp³-hybridized carbons (Fsp3) is 0.211. The van der Waals surface area contributed by atoms with Crippen LogP contribution in [0, 0.1) is 0 Å². The molecule has 1 aromatic carbocycles. The second-order valence-electron chi connectivity index (χ2n) is 5.89. The molecular weight excluding hydrogens is 312 g/mol. The maximum absolute atomic E-state index is 4.66. The number of benzene rings is 1. The van der Waals surface area contributed by atoms with Gasteiger partial charge in [0.15, 0.2) is 0 Å². The Bertz CT molecular complexity index is 800. The smallest absolute Gasteiger partial charge is 0.227 e. The number of anilines is 4. The van der Waals surface area contributed by atoms with Gasteiger partial charge in [-0.15, -0.1) is 0 Å². The van der Waals surface area contributed by atoms with Gasteiger partial charge in [-0.1, -0.05) is 24.3 Å². The van der Waals surface area contributed by atoms with Crippen molar-refractivity contribution in [3.05, 3.63) is 67.0 Å². The second kappa shape index (κ2) is 7.17. The summed E-state index contributed by atoms with van der Waals surface area (Å²) in [6, 6.07) is 18.0. The van der Waals surface area contributed by atoms with Crippen molar-refractivity contribution in [1.29, 1.82) is 0 Å². The van der Waals surface area contributed by atoms with Crippen LogP contribution in [0.3, 0.4) is 0 Å². The normalized spacial score (nSPS) is 14.4. The van der Waals surface area contributed by atoms with E-state index in [2.05, 4.69) is 36.1 Å². The van der Waals surface area contributed by atoms with Crippen molar-refractivity contribution >= 4 is 23.3 Å². The van der Waals surface area contributed by atoms with Crippen LogP contribution in [0.15, 0.2) is 67.0 Å². The molecule has 1 fully saturated rings. The molecular formula is C19H20N6. The molecule has 0 atom stereocenters. The van der Waals surface area contributed by atoms with Crippen LogP contribution in [0.25, 0.3) is 0 Å². The molecule has 4 rings (SSSR count). The Balaban J connectivity index is 1.42. The summed E-state index contributed by atoms with van der Waals surface area (Å²) in [6.45, 7) is 3.59. The monoisotopic (exact) mass is 332 g/mol. The Kier molecular flexibility index (Phi) is 4.41. The lowest BCUT2D eigenvalue weighted by molar-refractivity contribution is 0.635. The molecule has 0 aliphatic carbocycles. The van der Waals surface area contributed by atoms with Crippen LogP contribution in [-0.4, -0.2) is 41.1 Å². The third-order valence-electron chi connectivity index (χ3n) is 4.22. The van der Waals surface area contributed by atoms with Crippen molar-refractivity contribution in [1.82, 2.24) is 15.0 Å². The highest BCUT2D eigenvalue weighted by molar-refractivity contribution is 5.56. The Hall–Kier alpha value is -3.15. The first kappa shape index (κ1) is 15.4. The Morgan fingerprint density at radius 2 is 1.48 bits per heavy atom. The number of aromatic nitrogens is 3. The van der Waals surface area contributed by atoms with Gasteiger partial charge in [-0.2, -0.15) is 4.98 Å². The number of hydrogen-bond donors (Lipinski definition) is 1. The molecule has 3 heterocycles. The van der Waals surface area contributed by atoms with E-state index < -0.39 is 0 Å². The number of pyridine rings is 1. The lowest BCUT2D eigenvalue weighted by atomic mass is 10.3. The number of nitrogens with zero attached hydrogens (tertiary/aromatic N) is 5. The van der Waals surface area contributed by atoms with Gasteiger partial charge in [-0.05, 0) is 30.3 Å². The molecule has 126 valence electrons. The van der Waals surface area contributed by atoms with Crippen LogP contribution < -0.4 is 15.1 Å². The van der Waals surface area contributed by atoms with E-state index in [1.165, 1.54) is 0 Å². The fourth-order valence-corrected chi connectivity index (χ4v) is 2.92. The van der Waals surface area contributed by atoms with Gasteiger partial charge in [-0.3, -0.25) is 0 Å². The summed E-state index contributed by atoms with van der Waals surface area (Å²) in [5, 5.41) is 3.32. The van der Waals surface area contributed by atoms with Crippen molar-refractivity contribution in [3.63, 3.8) is 0 Å². The molecule has 0 spiro atoms. The Labute approximate surface area is 147 Å². The maximum atomic E-state index is 4.66. The molecule has 0 radical (unpaired) electrons. The molecule has 1 saturated heterocycles. The Morgan fingerprint density at radius 3 is 2.24 bits per heavy atom. The van der Waals surface area contributed by atoms with Crippen LogP contribution in [0.4, 0.5) is 23.3 Å². The van der Waals surface area contributed by atoms with Crippen LogP contribution in [0.5, 0.6) is 0 Å². The standard InChI is InChI=1S/C19H20N6/c1-2-6-16(7-3-1)22-17-9-11-21-19(23-17)25-14-12-24(13-15-25)18-8-4-5-10-20-18/h1-11H,12-15H2,(H,21,22,23). The number of nitrogens with one attached hydrogen (secondary N) is 1. The summed E-state index contributed by atoms with van der Waals surface area (Å²) in [6.07, 6.45) is 3.64. The van der Waals surface area contributed by atoms with Crippen LogP contribution >= 0.6 is 0 Å². The van der Waals surface area contributed by atoms with Crippen LogP contribution in [-0.2, 0) is 0 Å². The van der Waals surface area contributed by atoms with E-state index in [1.54, 1.807) is 6.20 Å². The second-order valence-corrected chi connectivity index (χ2v) is 5.89. The first-order valence-corrected chi connectivity index (χ1v) is 8.44. The van der Waals surface area contributed by atoms with E-state index in [0.717, 1.165) is 49.5 Å². The zero-order valence-corrected chi connectivity index (χ0v) is 13.9. The average Bonchev–Trinajstić information content (AvgIpc) is 2.70. The minimum absolute atomic E-state index is 0.765. The van der Waals surface area contributed by atoms with Gasteiger partial charge in [-0.25, -0.2) is 9.97 Å². The van der Waals surface area contributed by atoms with Crippen molar-refractivity contribution in [3.8, 4) is 0 Å². The van der Waals surface area contributed by atoms with Crippen molar-refractivity contribution in [2.75, 3.05) is 41.3 Å². The number of para-hydroxylation sites is 1. The summed E-state index contributed by atoms with van der Waals surface area (Å²) in [5.41, 5.74) is 1.02. The summed E-state index contributed by atoms with van der Waals surface area (Å²) in [5.74, 6) is 2.60. The summed E-state index contributed by atoms with van der Waals surface area (Å²) < 4.78 is 0. The lowest BCUT2D eigenvalue weighted by Gasteiger charge is -2.35. The van der Waals surface area contributed by atoms with Gasteiger partial charge in [0.25, 0.3) is 0 Å². The third-order valence-corrected chi connectivity index (χ3v) is 4.22. The van der Waals surface area contributed by atoms with Gasteiger partial charge >= 0.3 is 0 Å². The minimum Gasteiger partial charge on any atom is -0.353 e. The van der Waals surface area contributed by atoms with Crippen molar-refractivity contribution < 1.29 is 0 Å². The van der Waals surface area contributed by atoms with E-state index in [4.69, 9.17) is 0 Å². The SMILES string of the molecule is c1ccc(Nc2ccnc(N3CCN(c4ccccn4)CC3)n2)cc1. The van der Waals surface area contributed by atoms with Crippen molar-refractivity contribution in [2.24, 2.45) is 0 Å². The van der Waals surface area contributed by atoms with Gasteiger partial charge in [0.2, 0.25) is 5.95 Å². The summed E-state index contributed by atoms with van der Waals surface area (Å²) >= 11 is 0. The first-order valence-electron chi connectivity index (χ1n) is 8.44. The third kappa shape index (κ3) is 3.68. The highest BCUT2D eigenvalue weighted by Crippen LogP contribution is 2.19. The zero-order chi connectivity index (χ0) is 16.9. The quantitative estimate of drug-likeness (QED) is 0.793. The zero-order valence-electron chi connectivity index (χ0n) is 13.9. The van der Waals surface area contributed by atoms with Gasteiger partial charge < -0.3 is 15.1 Å². The first-order chi connectivity index (χ1) is 12.4. The van der Waals surface area contributed by atoms with Gasteiger partial charge in [0.1, 0.15) is 11.6 Å². The molecule has 0 bridgehead atoms. The topological polar surface area (TPSA) is 57.2 Å². The Morgan fingerprint density at radius 1 is 0.720 bits per heavy atom. The maximum Gasteiger partial charge on any atom is 0.227 e. The molecule has 0 amide bonds. The molecule has 6 heteroatoms. The molecule has 6 nitrogen and oxygen atoms in total. The highest BCUT2D eigenvalue weighted by Gasteiger charge is 2.19. The lowest BCUT2D eigenvalue weighted by Crippen LogP contribution is -2.47. The number of hydrogen-bond acceptors (Lipinski definition) is 6. The molecule has 25 heavy (non-hydrogen) atoms.